The number of carbonyl (C=O) groups excluding carboxylic acids is 2. The van der Waals surface area contributed by atoms with Crippen LogP contribution < -0.4 is 9.47 Å². The maximum atomic E-state index is 13.1. The van der Waals surface area contributed by atoms with Gasteiger partial charge in [-0.3, -0.25) is 0 Å². The Morgan fingerprint density at radius 3 is 1.77 bits per heavy atom. The van der Waals surface area contributed by atoms with Crippen LogP contribution >= 0.6 is 23.2 Å². The third-order valence-corrected chi connectivity index (χ3v) is 5.06. The summed E-state index contributed by atoms with van der Waals surface area (Å²) in [4.78, 5) is 26.1. The molecule has 0 spiro atoms. The second-order valence-corrected chi connectivity index (χ2v) is 7.16. The van der Waals surface area contributed by atoms with Gasteiger partial charge in [0.05, 0.1) is 21.2 Å². The first-order valence-electron chi connectivity index (χ1n) is 9.00. The quantitative estimate of drug-likeness (QED) is 0.267. The summed E-state index contributed by atoms with van der Waals surface area (Å²) in [5, 5.41) is 1.90. The van der Waals surface area contributed by atoms with Gasteiger partial charge >= 0.3 is 11.9 Å². The Hall–Kier alpha value is -3.34. The van der Waals surface area contributed by atoms with Crippen LogP contribution in [0.2, 0.25) is 10.0 Å². The molecule has 0 saturated carbocycles. The second kappa shape index (κ2) is 8.57. The van der Waals surface area contributed by atoms with Crippen molar-refractivity contribution in [2.45, 2.75) is 0 Å². The average Bonchev–Trinajstić information content (AvgIpc) is 2.76. The molecule has 0 amide bonds. The van der Waals surface area contributed by atoms with E-state index >= 15 is 0 Å². The lowest BCUT2D eigenvalue weighted by atomic mass is 9.99. The molecule has 0 fully saturated rings. The number of fused-ring (bicyclic) bond motifs is 1. The van der Waals surface area contributed by atoms with Crippen LogP contribution in [-0.4, -0.2) is 11.9 Å². The molecule has 148 valence electrons. The number of carbonyl (C=O) groups is 2. The Kier molecular flexibility index (Phi) is 5.70. The molecule has 0 atom stereocenters. The summed E-state index contributed by atoms with van der Waals surface area (Å²) in [5.74, 6) is -1.05. The number of hydrogen-bond acceptors (Lipinski definition) is 4. The van der Waals surface area contributed by atoms with Crippen molar-refractivity contribution in [2.75, 3.05) is 0 Å². The van der Waals surface area contributed by atoms with E-state index in [9.17, 15) is 9.59 Å². The molecule has 4 nitrogen and oxygen atoms in total. The molecule has 0 unspecified atom stereocenters. The van der Waals surface area contributed by atoms with Gasteiger partial charge in [0, 0.05) is 0 Å². The highest BCUT2D eigenvalue weighted by Crippen LogP contribution is 2.30. The van der Waals surface area contributed by atoms with Gasteiger partial charge < -0.3 is 9.47 Å². The average molecular weight is 437 g/mol. The first kappa shape index (κ1) is 20.0. The Balaban J connectivity index is 1.78. The predicted molar refractivity (Wildman–Crippen MR) is 117 cm³/mol. The van der Waals surface area contributed by atoms with E-state index in [4.69, 9.17) is 32.7 Å². The fraction of sp³-hybridized carbons (Fsp3) is 0. The summed E-state index contributed by atoms with van der Waals surface area (Å²) in [5.41, 5.74) is 0.149. The standard InChI is InChI=1S/C24H14Cl2O4/c25-18-9-3-5-11-20(18)29-23(27)17-14-13-15-7-1-2-8-16(15)22(17)24(28)30-21-12-6-4-10-19(21)26/h1-14H. The molecule has 0 radical (unpaired) electrons. The van der Waals surface area contributed by atoms with E-state index in [1.54, 1.807) is 66.7 Å². The summed E-state index contributed by atoms with van der Waals surface area (Å²) in [6.45, 7) is 0. The van der Waals surface area contributed by atoms with Gasteiger partial charge in [0.1, 0.15) is 11.5 Å². The number of halogens is 2. The van der Waals surface area contributed by atoms with Crippen molar-refractivity contribution in [3.63, 3.8) is 0 Å². The van der Waals surface area contributed by atoms with Gasteiger partial charge in [-0.25, -0.2) is 9.59 Å². The molecule has 4 aromatic rings. The summed E-state index contributed by atoms with van der Waals surface area (Å²) in [6.07, 6.45) is 0. The lowest BCUT2D eigenvalue weighted by Gasteiger charge is -2.13. The SMILES string of the molecule is O=C(Oc1ccccc1Cl)c1ccc2ccccc2c1C(=O)Oc1ccccc1Cl. The maximum absolute atomic E-state index is 13.1. The van der Waals surface area contributed by atoms with Crippen LogP contribution in [0.4, 0.5) is 0 Å². The number of benzene rings is 4. The van der Waals surface area contributed by atoms with E-state index in [0.29, 0.717) is 5.39 Å². The normalized spacial score (nSPS) is 10.6. The van der Waals surface area contributed by atoms with Crippen molar-refractivity contribution in [3.8, 4) is 11.5 Å². The second-order valence-electron chi connectivity index (χ2n) is 6.35. The third kappa shape index (κ3) is 4.01. The van der Waals surface area contributed by atoms with Crippen LogP contribution in [-0.2, 0) is 0 Å². The highest BCUT2D eigenvalue weighted by atomic mass is 35.5. The van der Waals surface area contributed by atoms with E-state index in [1.165, 1.54) is 6.07 Å². The van der Waals surface area contributed by atoms with Crippen LogP contribution in [0.3, 0.4) is 0 Å². The Morgan fingerprint density at radius 1 is 0.600 bits per heavy atom. The van der Waals surface area contributed by atoms with E-state index in [1.807, 2.05) is 12.1 Å². The summed E-state index contributed by atoms with van der Waals surface area (Å²) in [7, 11) is 0. The molecule has 0 heterocycles. The van der Waals surface area contributed by atoms with E-state index in [2.05, 4.69) is 0 Å². The van der Waals surface area contributed by atoms with Gasteiger partial charge in [0.15, 0.2) is 0 Å². The van der Waals surface area contributed by atoms with E-state index in [-0.39, 0.29) is 32.7 Å². The lowest BCUT2D eigenvalue weighted by Crippen LogP contribution is -2.18. The molecule has 0 saturated heterocycles. The van der Waals surface area contributed by atoms with Crippen molar-refractivity contribution >= 4 is 45.9 Å². The lowest BCUT2D eigenvalue weighted by molar-refractivity contribution is 0.0694. The number of ether oxygens (including phenoxy) is 2. The molecule has 0 aliphatic heterocycles. The molecular formula is C24H14Cl2O4. The number of esters is 2. The van der Waals surface area contributed by atoms with Gasteiger partial charge in [-0.2, -0.15) is 0 Å². The smallest absolute Gasteiger partial charge is 0.345 e. The summed E-state index contributed by atoms with van der Waals surface area (Å²) >= 11 is 12.2. The minimum Gasteiger partial charge on any atom is -0.421 e. The molecule has 0 aromatic heterocycles. The number of para-hydroxylation sites is 2. The topological polar surface area (TPSA) is 52.6 Å². The van der Waals surface area contributed by atoms with Gasteiger partial charge in [0.25, 0.3) is 0 Å². The molecule has 30 heavy (non-hydrogen) atoms. The Morgan fingerprint density at radius 2 is 1.13 bits per heavy atom. The van der Waals surface area contributed by atoms with Crippen LogP contribution in [0.5, 0.6) is 11.5 Å². The first-order valence-corrected chi connectivity index (χ1v) is 9.75. The summed E-state index contributed by atoms with van der Waals surface area (Å²) < 4.78 is 10.9. The monoisotopic (exact) mass is 436 g/mol. The van der Waals surface area contributed by atoms with Crippen LogP contribution in [0.25, 0.3) is 10.8 Å². The molecular weight excluding hydrogens is 423 g/mol. The predicted octanol–water partition coefficient (Wildman–Crippen LogP) is 6.59. The zero-order chi connectivity index (χ0) is 21.1. The highest BCUT2D eigenvalue weighted by Gasteiger charge is 2.24. The van der Waals surface area contributed by atoms with Crippen molar-refractivity contribution in [2.24, 2.45) is 0 Å². The van der Waals surface area contributed by atoms with E-state index < -0.39 is 11.9 Å². The minimum atomic E-state index is -0.722. The fourth-order valence-corrected chi connectivity index (χ4v) is 3.37. The van der Waals surface area contributed by atoms with Gasteiger partial charge in [-0.15, -0.1) is 0 Å². The van der Waals surface area contributed by atoms with Crippen molar-refractivity contribution in [1.82, 2.24) is 0 Å². The van der Waals surface area contributed by atoms with Crippen LogP contribution in [0, 0.1) is 0 Å². The number of hydrogen-bond donors (Lipinski definition) is 0. The zero-order valence-corrected chi connectivity index (χ0v) is 17.0. The third-order valence-electron chi connectivity index (χ3n) is 4.43. The Labute approximate surface area is 182 Å². The molecule has 0 aliphatic rings. The maximum Gasteiger partial charge on any atom is 0.345 e. The zero-order valence-electron chi connectivity index (χ0n) is 15.5. The van der Waals surface area contributed by atoms with Crippen LogP contribution in [0.1, 0.15) is 20.7 Å². The van der Waals surface area contributed by atoms with E-state index in [0.717, 1.165) is 5.39 Å². The molecule has 4 rings (SSSR count). The molecule has 6 heteroatoms. The van der Waals surface area contributed by atoms with Gasteiger partial charge in [0.2, 0.25) is 0 Å². The molecule has 0 aliphatic carbocycles. The summed E-state index contributed by atoms with van der Waals surface area (Å²) in [6, 6.07) is 23.7. The largest absolute Gasteiger partial charge is 0.421 e. The van der Waals surface area contributed by atoms with Crippen LogP contribution in [0.15, 0.2) is 84.9 Å². The first-order chi connectivity index (χ1) is 14.5. The van der Waals surface area contributed by atoms with Crippen molar-refractivity contribution in [3.05, 3.63) is 106 Å². The van der Waals surface area contributed by atoms with Crippen molar-refractivity contribution < 1.29 is 19.1 Å². The van der Waals surface area contributed by atoms with Crippen molar-refractivity contribution in [1.29, 1.82) is 0 Å². The van der Waals surface area contributed by atoms with Gasteiger partial charge in [-0.05, 0) is 41.1 Å². The fourth-order valence-electron chi connectivity index (χ4n) is 3.02. The molecule has 4 aromatic carbocycles. The molecule has 0 N–H and O–H groups in total. The Bertz CT molecular complexity index is 1270. The van der Waals surface area contributed by atoms with Gasteiger partial charge in [-0.1, -0.05) is 77.8 Å². The minimum absolute atomic E-state index is 0.0608. The molecule has 0 bridgehead atoms. The highest BCUT2D eigenvalue weighted by molar-refractivity contribution is 6.32. The number of rotatable bonds is 4.